The average molecular weight is 247 g/mol. The van der Waals surface area contributed by atoms with Gasteiger partial charge in [0.2, 0.25) is 0 Å². The summed E-state index contributed by atoms with van der Waals surface area (Å²) in [5.74, 6) is 1.69. The Morgan fingerprint density at radius 2 is 2.17 bits per heavy atom. The van der Waals surface area contributed by atoms with Gasteiger partial charge in [0.1, 0.15) is 5.75 Å². The highest BCUT2D eigenvalue weighted by Crippen LogP contribution is 2.30. The fraction of sp³-hybridized carbons (Fsp3) is 0.625. The standard InChI is InChI=1S/C16H25NO/c1-4-8-17-13(3)10-12(2)14-5-6-16-15(11-14)7-9-18-16/h5-6,11-13,17H,4,7-10H2,1-3H3. The molecule has 100 valence electrons. The summed E-state index contributed by atoms with van der Waals surface area (Å²) >= 11 is 0. The quantitative estimate of drug-likeness (QED) is 0.830. The van der Waals surface area contributed by atoms with E-state index < -0.39 is 0 Å². The molecule has 18 heavy (non-hydrogen) atoms. The Hall–Kier alpha value is -1.02. The third-order valence-corrected chi connectivity index (χ3v) is 3.73. The lowest BCUT2D eigenvalue weighted by Crippen LogP contribution is -2.28. The van der Waals surface area contributed by atoms with Crippen LogP contribution in [0.25, 0.3) is 0 Å². The Kier molecular flexibility index (Phi) is 4.65. The van der Waals surface area contributed by atoms with Crippen LogP contribution < -0.4 is 10.1 Å². The number of nitrogens with one attached hydrogen (secondary N) is 1. The van der Waals surface area contributed by atoms with Crippen LogP contribution in [0.5, 0.6) is 5.75 Å². The molecule has 2 nitrogen and oxygen atoms in total. The number of hydrogen-bond donors (Lipinski definition) is 1. The van der Waals surface area contributed by atoms with Crippen LogP contribution in [0.2, 0.25) is 0 Å². The van der Waals surface area contributed by atoms with E-state index in [4.69, 9.17) is 4.74 Å². The summed E-state index contributed by atoms with van der Waals surface area (Å²) in [6.45, 7) is 8.78. The minimum Gasteiger partial charge on any atom is -0.493 e. The normalized spacial score (nSPS) is 17.1. The average Bonchev–Trinajstić information content (AvgIpc) is 2.83. The number of benzene rings is 1. The molecule has 0 aromatic heterocycles. The fourth-order valence-corrected chi connectivity index (χ4v) is 2.65. The van der Waals surface area contributed by atoms with Gasteiger partial charge in [-0.1, -0.05) is 26.0 Å². The molecule has 0 bridgehead atoms. The number of fused-ring (bicyclic) bond motifs is 1. The van der Waals surface area contributed by atoms with E-state index >= 15 is 0 Å². The van der Waals surface area contributed by atoms with Gasteiger partial charge in [0.25, 0.3) is 0 Å². The highest BCUT2D eigenvalue weighted by molar-refractivity contribution is 5.40. The Morgan fingerprint density at radius 1 is 1.33 bits per heavy atom. The molecule has 0 fully saturated rings. The summed E-state index contributed by atoms with van der Waals surface area (Å²) < 4.78 is 5.56. The van der Waals surface area contributed by atoms with Crippen LogP contribution in [0.3, 0.4) is 0 Å². The molecule has 0 spiro atoms. The lowest BCUT2D eigenvalue weighted by Gasteiger charge is -2.19. The van der Waals surface area contributed by atoms with Crippen LogP contribution >= 0.6 is 0 Å². The zero-order valence-corrected chi connectivity index (χ0v) is 11.8. The van der Waals surface area contributed by atoms with Crippen LogP contribution in [0.1, 0.15) is 50.7 Å². The Labute approximate surface area is 111 Å². The molecule has 2 atom stereocenters. The van der Waals surface area contributed by atoms with Crippen molar-refractivity contribution in [1.82, 2.24) is 5.32 Å². The third-order valence-electron chi connectivity index (χ3n) is 3.73. The molecule has 0 amide bonds. The molecule has 0 aliphatic carbocycles. The van der Waals surface area contributed by atoms with Crippen LogP contribution in [0.15, 0.2) is 18.2 Å². The van der Waals surface area contributed by atoms with E-state index in [1.165, 1.54) is 24.0 Å². The van der Waals surface area contributed by atoms with E-state index in [1.807, 2.05) is 0 Å². The Morgan fingerprint density at radius 3 is 2.94 bits per heavy atom. The summed E-state index contributed by atoms with van der Waals surface area (Å²) in [4.78, 5) is 0. The first-order chi connectivity index (χ1) is 8.70. The SMILES string of the molecule is CCCNC(C)CC(C)c1ccc2c(c1)CCO2. The molecule has 0 radical (unpaired) electrons. The van der Waals surface area contributed by atoms with Gasteiger partial charge >= 0.3 is 0 Å². The molecule has 0 saturated carbocycles. The molecule has 1 aliphatic rings. The maximum atomic E-state index is 5.56. The first kappa shape index (κ1) is 13.4. The van der Waals surface area contributed by atoms with Crippen molar-refractivity contribution in [1.29, 1.82) is 0 Å². The predicted molar refractivity (Wildman–Crippen MR) is 76.4 cm³/mol. The predicted octanol–water partition coefficient (Wildman–Crippen LogP) is 3.50. The van der Waals surface area contributed by atoms with Crippen LogP contribution in [-0.4, -0.2) is 19.2 Å². The van der Waals surface area contributed by atoms with Crippen molar-refractivity contribution in [3.8, 4) is 5.75 Å². The van der Waals surface area contributed by atoms with Gasteiger partial charge < -0.3 is 10.1 Å². The maximum absolute atomic E-state index is 5.56. The third kappa shape index (κ3) is 3.26. The van der Waals surface area contributed by atoms with E-state index in [0.29, 0.717) is 12.0 Å². The molecule has 1 aliphatic heterocycles. The van der Waals surface area contributed by atoms with Crippen molar-refractivity contribution in [2.45, 2.75) is 52.0 Å². The van der Waals surface area contributed by atoms with Crippen molar-refractivity contribution in [3.05, 3.63) is 29.3 Å². The van der Waals surface area contributed by atoms with Crippen LogP contribution in [0, 0.1) is 0 Å². The number of rotatable bonds is 6. The Bertz CT molecular complexity index is 389. The smallest absolute Gasteiger partial charge is 0.122 e. The van der Waals surface area contributed by atoms with E-state index in [0.717, 1.165) is 25.3 Å². The highest BCUT2D eigenvalue weighted by atomic mass is 16.5. The van der Waals surface area contributed by atoms with Gasteiger partial charge in [-0.15, -0.1) is 0 Å². The van der Waals surface area contributed by atoms with Crippen molar-refractivity contribution in [2.24, 2.45) is 0 Å². The minimum absolute atomic E-state index is 0.587. The topological polar surface area (TPSA) is 21.3 Å². The van der Waals surface area contributed by atoms with Crippen LogP contribution in [0.4, 0.5) is 0 Å². The summed E-state index contributed by atoms with van der Waals surface area (Å²) in [5, 5.41) is 3.56. The number of ether oxygens (including phenoxy) is 1. The van der Waals surface area contributed by atoms with E-state index in [2.05, 4.69) is 44.3 Å². The second-order valence-corrected chi connectivity index (χ2v) is 5.46. The summed E-state index contributed by atoms with van der Waals surface area (Å²) in [5.41, 5.74) is 2.83. The first-order valence-electron chi connectivity index (χ1n) is 7.19. The molecule has 2 rings (SSSR count). The molecule has 2 unspecified atom stereocenters. The zero-order valence-electron chi connectivity index (χ0n) is 11.8. The summed E-state index contributed by atoms with van der Waals surface area (Å²) in [6, 6.07) is 7.28. The molecule has 1 aromatic carbocycles. The fourth-order valence-electron chi connectivity index (χ4n) is 2.65. The largest absolute Gasteiger partial charge is 0.493 e. The van der Waals surface area contributed by atoms with Gasteiger partial charge in [0.05, 0.1) is 6.61 Å². The summed E-state index contributed by atoms with van der Waals surface area (Å²) in [6.07, 6.45) is 3.47. The van der Waals surface area contributed by atoms with Crippen molar-refractivity contribution >= 4 is 0 Å². The van der Waals surface area contributed by atoms with E-state index in [1.54, 1.807) is 0 Å². The second-order valence-electron chi connectivity index (χ2n) is 5.46. The van der Waals surface area contributed by atoms with Gasteiger partial charge in [-0.3, -0.25) is 0 Å². The van der Waals surface area contributed by atoms with E-state index in [9.17, 15) is 0 Å². The molecule has 1 aromatic rings. The Balaban J connectivity index is 1.94. The lowest BCUT2D eigenvalue weighted by molar-refractivity contribution is 0.356. The van der Waals surface area contributed by atoms with Crippen LogP contribution in [-0.2, 0) is 6.42 Å². The van der Waals surface area contributed by atoms with Crippen molar-refractivity contribution in [3.63, 3.8) is 0 Å². The molecule has 1 N–H and O–H groups in total. The zero-order chi connectivity index (χ0) is 13.0. The second kappa shape index (κ2) is 6.24. The monoisotopic (exact) mass is 247 g/mol. The highest BCUT2D eigenvalue weighted by Gasteiger charge is 2.15. The van der Waals surface area contributed by atoms with Gasteiger partial charge in [0.15, 0.2) is 0 Å². The van der Waals surface area contributed by atoms with Gasteiger partial charge in [-0.05, 0) is 49.4 Å². The molecular formula is C16H25NO. The summed E-state index contributed by atoms with van der Waals surface area (Å²) in [7, 11) is 0. The minimum atomic E-state index is 0.587. The van der Waals surface area contributed by atoms with Crippen molar-refractivity contribution in [2.75, 3.05) is 13.2 Å². The maximum Gasteiger partial charge on any atom is 0.122 e. The van der Waals surface area contributed by atoms with E-state index in [-0.39, 0.29) is 0 Å². The lowest BCUT2D eigenvalue weighted by atomic mass is 9.92. The van der Waals surface area contributed by atoms with Gasteiger partial charge in [-0.25, -0.2) is 0 Å². The van der Waals surface area contributed by atoms with Gasteiger partial charge in [-0.2, -0.15) is 0 Å². The first-order valence-corrected chi connectivity index (χ1v) is 7.19. The molecular weight excluding hydrogens is 222 g/mol. The van der Waals surface area contributed by atoms with Gasteiger partial charge in [0, 0.05) is 12.5 Å². The number of hydrogen-bond acceptors (Lipinski definition) is 2. The molecule has 2 heteroatoms. The molecule has 1 heterocycles. The van der Waals surface area contributed by atoms with Crippen molar-refractivity contribution < 1.29 is 4.74 Å². The molecule has 0 saturated heterocycles.